The fourth-order valence-electron chi connectivity index (χ4n) is 4.25. The fraction of sp³-hybridized carbons (Fsp3) is 0.333. The summed E-state index contributed by atoms with van der Waals surface area (Å²) in [5, 5.41) is 4.98. The quantitative estimate of drug-likeness (QED) is 0.725. The summed E-state index contributed by atoms with van der Waals surface area (Å²) in [6.45, 7) is 1.80. The van der Waals surface area contributed by atoms with E-state index in [2.05, 4.69) is 15.3 Å². The average molecular weight is 382 g/mol. The van der Waals surface area contributed by atoms with Gasteiger partial charge in [0.15, 0.2) is 11.9 Å². The SMILES string of the molecule is O=C(C1CCNCC1)[C@H]1Cc2cc(Cl)cc(-c3ccnc4[nH]ccc34)c2O1. The van der Waals surface area contributed by atoms with Crippen LogP contribution >= 0.6 is 11.6 Å². The summed E-state index contributed by atoms with van der Waals surface area (Å²) in [6.07, 6.45) is 5.59. The molecule has 27 heavy (non-hydrogen) atoms. The Morgan fingerprint density at radius 3 is 2.89 bits per heavy atom. The molecule has 1 fully saturated rings. The van der Waals surface area contributed by atoms with Crippen LogP contribution in [-0.4, -0.2) is 34.9 Å². The van der Waals surface area contributed by atoms with Crippen molar-refractivity contribution in [2.45, 2.75) is 25.4 Å². The predicted octanol–water partition coefficient (Wildman–Crippen LogP) is 3.76. The number of H-pyrrole nitrogens is 1. The largest absolute Gasteiger partial charge is 0.481 e. The third-order valence-corrected chi connectivity index (χ3v) is 5.82. The molecule has 0 bridgehead atoms. The van der Waals surface area contributed by atoms with Crippen LogP contribution in [0.25, 0.3) is 22.2 Å². The van der Waals surface area contributed by atoms with Crippen LogP contribution in [0.3, 0.4) is 0 Å². The summed E-state index contributed by atoms with van der Waals surface area (Å²) >= 11 is 6.41. The second kappa shape index (κ2) is 6.66. The fourth-order valence-corrected chi connectivity index (χ4v) is 4.49. The minimum absolute atomic E-state index is 0.0850. The summed E-state index contributed by atoms with van der Waals surface area (Å²) in [4.78, 5) is 20.5. The van der Waals surface area contributed by atoms with Crippen molar-refractivity contribution in [3.05, 3.63) is 47.2 Å². The molecule has 3 aromatic rings. The number of nitrogens with zero attached hydrogens (tertiary/aromatic N) is 1. The van der Waals surface area contributed by atoms with Crippen LogP contribution in [0, 0.1) is 5.92 Å². The van der Waals surface area contributed by atoms with E-state index in [4.69, 9.17) is 16.3 Å². The van der Waals surface area contributed by atoms with Gasteiger partial charge in [-0.15, -0.1) is 0 Å². The van der Waals surface area contributed by atoms with E-state index in [0.717, 1.165) is 59.4 Å². The lowest BCUT2D eigenvalue weighted by molar-refractivity contribution is -0.129. The van der Waals surface area contributed by atoms with Gasteiger partial charge in [0.25, 0.3) is 0 Å². The van der Waals surface area contributed by atoms with Crippen LogP contribution in [0.5, 0.6) is 5.75 Å². The molecule has 1 atom stereocenters. The van der Waals surface area contributed by atoms with Crippen LogP contribution in [0.1, 0.15) is 18.4 Å². The van der Waals surface area contributed by atoms with E-state index >= 15 is 0 Å². The number of hydrogen-bond donors (Lipinski definition) is 2. The molecule has 0 radical (unpaired) electrons. The highest BCUT2D eigenvalue weighted by Crippen LogP contribution is 2.43. The number of Topliss-reactive ketones (excluding diaryl/α,β-unsaturated/α-hetero) is 1. The number of hydrogen-bond acceptors (Lipinski definition) is 4. The minimum atomic E-state index is -0.413. The van der Waals surface area contributed by atoms with Crippen molar-refractivity contribution in [2.75, 3.05) is 13.1 Å². The first kappa shape index (κ1) is 16.8. The number of ether oxygens (including phenoxy) is 1. The Morgan fingerprint density at radius 2 is 2.04 bits per heavy atom. The zero-order chi connectivity index (χ0) is 18.4. The molecule has 5 rings (SSSR count). The first-order chi connectivity index (χ1) is 13.2. The second-order valence-corrected chi connectivity index (χ2v) is 7.71. The third kappa shape index (κ3) is 2.91. The highest BCUT2D eigenvalue weighted by atomic mass is 35.5. The number of ketones is 1. The Bertz CT molecular complexity index is 1020. The maximum absolute atomic E-state index is 13.0. The van der Waals surface area contributed by atoms with Crippen molar-refractivity contribution >= 4 is 28.4 Å². The molecule has 0 saturated carbocycles. The summed E-state index contributed by atoms with van der Waals surface area (Å²) in [5.74, 6) is 1.08. The molecule has 2 aliphatic rings. The van der Waals surface area contributed by atoms with E-state index in [1.54, 1.807) is 6.20 Å². The molecule has 1 saturated heterocycles. The number of aromatic amines is 1. The standard InChI is InChI=1S/C21H20ClN3O2/c22-14-9-13-10-18(19(26)12-1-5-23-6-2-12)27-20(13)17(11-14)15-3-7-24-21-16(15)4-8-25-21/h3-4,7-9,11-12,18,23H,1-2,5-6,10H2,(H,24,25)/t18-/m1/s1. The Hall–Kier alpha value is -2.37. The zero-order valence-electron chi connectivity index (χ0n) is 14.8. The van der Waals surface area contributed by atoms with Gasteiger partial charge < -0.3 is 15.0 Å². The average Bonchev–Trinajstić information content (AvgIpc) is 3.34. The molecule has 2 N–H and O–H groups in total. The van der Waals surface area contributed by atoms with E-state index in [1.807, 2.05) is 30.5 Å². The number of carbonyl (C=O) groups excluding carboxylic acids is 1. The van der Waals surface area contributed by atoms with Gasteiger partial charge in [0, 0.05) is 46.3 Å². The minimum Gasteiger partial charge on any atom is -0.481 e. The maximum Gasteiger partial charge on any atom is 0.176 e. The van der Waals surface area contributed by atoms with Gasteiger partial charge in [0.1, 0.15) is 11.4 Å². The lowest BCUT2D eigenvalue weighted by Crippen LogP contribution is -2.38. The van der Waals surface area contributed by atoms with Crippen molar-refractivity contribution < 1.29 is 9.53 Å². The number of pyridine rings is 1. The number of piperidine rings is 1. The molecule has 138 valence electrons. The molecule has 6 heteroatoms. The molecular weight excluding hydrogens is 362 g/mol. The third-order valence-electron chi connectivity index (χ3n) is 5.61. The van der Waals surface area contributed by atoms with Crippen LogP contribution in [0.2, 0.25) is 5.02 Å². The van der Waals surface area contributed by atoms with E-state index < -0.39 is 6.10 Å². The summed E-state index contributed by atoms with van der Waals surface area (Å²) in [6, 6.07) is 7.80. The van der Waals surface area contributed by atoms with E-state index in [0.29, 0.717) is 11.4 Å². The molecule has 0 amide bonds. The van der Waals surface area contributed by atoms with E-state index in [-0.39, 0.29) is 11.7 Å². The van der Waals surface area contributed by atoms with Gasteiger partial charge >= 0.3 is 0 Å². The molecule has 0 unspecified atom stereocenters. The Morgan fingerprint density at radius 1 is 1.19 bits per heavy atom. The number of nitrogens with one attached hydrogen (secondary N) is 2. The summed E-state index contributed by atoms with van der Waals surface area (Å²) in [7, 11) is 0. The number of aromatic nitrogens is 2. The van der Waals surface area contributed by atoms with Crippen LogP contribution in [0.4, 0.5) is 0 Å². The molecule has 5 nitrogen and oxygen atoms in total. The molecule has 2 aromatic heterocycles. The van der Waals surface area contributed by atoms with Gasteiger partial charge in [0.05, 0.1) is 0 Å². The van der Waals surface area contributed by atoms with Crippen LogP contribution in [-0.2, 0) is 11.2 Å². The van der Waals surface area contributed by atoms with Crippen molar-refractivity contribution in [3.63, 3.8) is 0 Å². The van der Waals surface area contributed by atoms with E-state index in [9.17, 15) is 4.79 Å². The van der Waals surface area contributed by atoms with Gasteiger partial charge in [-0.05, 0) is 55.8 Å². The molecule has 0 aliphatic carbocycles. The molecule has 2 aliphatic heterocycles. The highest BCUT2D eigenvalue weighted by molar-refractivity contribution is 6.31. The van der Waals surface area contributed by atoms with Gasteiger partial charge in [-0.3, -0.25) is 4.79 Å². The van der Waals surface area contributed by atoms with Crippen LogP contribution < -0.4 is 10.1 Å². The van der Waals surface area contributed by atoms with Crippen LogP contribution in [0.15, 0.2) is 36.7 Å². The Kier molecular flexibility index (Phi) is 4.14. The second-order valence-electron chi connectivity index (χ2n) is 7.28. The van der Waals surface area contributed by atoms with Gasteiger partial charge in [-0.1, -0.05) is 11.6 Å². The van der Waals surface area contributed by atoms with Gasteiger partial charge in [0.2, 0.25) is 0 Å². The first-order valence-corrected chi connectivity index (χ1v) is 9.74. The maximum atomic E-state index is 13.0. The van der Waals surface area contributed by atoms with Gasteiger partial charge in [-0.2, -0.15) is 0 Å². The Labute approximate surface area is 162 Å². The number of rotatable bonds is 3. The van der Waals surface area contributed by atoms with Gasteiger partial charge in [-0.25, -0.2) is 4.98 Å². The summed E-state index contributed by atoms with van der Waals surface area (Å²) in [5.41, 5.74) is 3.76. The molecular formula is C21H20ClN3O2. The lowest BCUT2D eigenvalue weighted by Gasteiger charge is -2.23. The topological polar surface area (TPSA) is 67.0 Å². The molecule has 4 heterocycles. The number of benzene rings is 1. The highest BCUT2D eigenvalue weighted by Gasteiger charge is 2.36. The number of carbonyl (C=O) groups is 1. The normalized spacial score (nSPS) is 19.8. The number of halogens is 1. The number of fused-ring (bicyclic) bond motifs is 2. The molecule has 0 spiro atoms. The zero-order valence-corrected chi connectivity index (χ0v) is 15.6. The molecule has 1 aromatic carbocycles. The van der Waals surface area contributed by atoms with Crippen molar-refractivity contribution in [1.82, 2.24) is 15.3 Å². The summed E-state index contributed by atoms with van der Waals surface area (Å²) < 4.78 is 6.23. The first-order valence-electron chi connectivity index (χ1n) is 9.36. The van der Waals surface area contributed by atoms with Crippen molar-refractivity contribution in [1.29, 1.82) is 0 Å². The van der Waals surface area contributed by atoms with E-state index in [1.165, 1.54) is 0 Å². The smallest absolute Gasteiger partial charge is 0.176 e. The lowest BCUT2D eigenvalue weighted by atomic mass is 9.89. The van der Waals surface area contributed by atoms with Crippen molar-refractivity contribution in [2.24, 2.45) is 5.92 Å². The monoisotopic (exact) mass is 381 g/mol. The van der Waals surface area contributed by atoms with Crippen molar-refractivity contribution in [3.8, 4) is 16.9 Å². The predicted molar refractivity (Wildman–Crippen MR) is 105 cm³/mol. The Balaban J connectivity index is 1.53.